The van der Waals surface area contributed by atoms with Crippen LogP contribution < -0.4 is 5.32 Å². The van der Waals surface area contributed by atoms with Crippen LogP contribution in [-0.2, 0) is 6.54 Å². The Hall–Kier alpha value is -1.88. The summed E-state index contributed by atoms with van der Waals surface area (Å²) in [6, 6.07) is 1.91. The smallest absolute Gasteiger partial charge is 0.180 e. The molecule has 2 aromatic rings. The van der Waals surface area contributed by atoms with Crippen molar-refractivity contribution in [3.05, 3.63) is 36.5 Å². The van der Waals surface area contributed by atoms with Crippen molar-refractivity contribution in [2.45, 2.75) is 19.9 Å². The van der Waals surface area contributed by atoms with Crippen molar-refractivity contribution in [2.75, 3.05) is 6.54 Å². The zero-order chi connectivity index (χ0) is 11.9. The van der Waals surface area contributed by atoms with Crippen LogP contribution in [0.15, 0.2) is 30.9 Å². The lowest BCUT2D eigenvalue weighted by Gasteiger charge is -2.04. The van der Waals surface area contributed by atoms with Gasteiger partial charge in [-0.25, -0.2) is 15.0 Å². The van der Waals surface area contributed by atoms with Crippen LogP contribution in [0.25, 0.3) is 11.5 Å². The summed E-state index contributed by atoms with van der Waals surface area (Å²) < 4.78 is 0. The van der Waals surface area contributed by atoms with Gasteiger partial charge in [0.2, 0.25) is 0 Å². The molecule has 0 aliphatic heterocycles. The van der Waals surface area contributed by atoms with E-state index in [0.717, 1.165) is 25.2 Å². The van der Waals surface area contributed by atoms with Crippen LogP contribution in [0, 0.1) is 0 Å². The Bertz CT molecular complexity index is 457. The summed E-state index contributed by atoms with van der Waals surface area (Å²) >= 11 is 0. The lowest BCUT2D eigenvalue weighted by molar-refractivity contribution is 0.663. The van der Waals surface area contributed by atoms with Gasteiger partial charge in [-0.2, -0.15) is 0 Å². The highest BCUT2D eigenvalue weighted by atomic mass is 15.0. The largest absolute Gasteiger partial charge is 0.311 e. The number of nitrogens with zero attached hydrogens (tertiary/aromatic N) is 4. The van der Waals surface area contributed by atoms with Gasteiger partial charge in [0.25, 0.3) is 0 Å². The van der Waals surface area contributed by atoms with E-state index in [1.54, 1.807) is 24.8 Å². The van der Waals surface area contributed by atoms with Crippen molar-refractivity contribution in [3.63, 3.8) is 0 Å². The summed E-state index contributed by atoms with van der Waals surface area (Å²) in [4.78, 5) is 16.8. The SMILES string of the molecule is CCCNCc1ccnc(-c2cnccn2)n1. The standard InChI is InChI=1S/C12H15N5/c1-2-4-13-8-10-3-5-16-12(17-10)11-9-14-6-7-15-11/h3,5-7,9,13H,2,4,8H2,1H3. The minimum Gasteiger partial charge on any atom is -0.311 e. The first-order valence-electron chi connectivity index (χ1n) is 5.69. The van der Waals surface area contributed by atoms with E-state index >= 15 is 0 Å². The third-order valence-electron chi connectivity index (χ3n) is 2.24. The molecule has 0 amide bonds. The first-order valence-corrected chi connectivity index (χ1v) is 5.69. The zero-order valence-corrected chi connectivity index (χ0v) is 9.80. The van der Waals surface area contributed by atoms with Crippen molar-refractivity contribution >= 4 is 0 Å². The van der Waals surface area contributed by atoms with Gasteiger partial charge in [-0.1, -0.05) is 6.92 Å². The van der Waals surface area contributed by atoms with E-state index < -0.39 is 0 Å². The molecule has 0 spiro atoms. The molecule has 0 bridgehead atoms. The van der Waals surface area contributed by atoms with Gasteiger partial charge >= 0.3 is 0 Å². The Morgan fingerprint density at radius 2 is 2.12 bits per heavy atom. The van der Waals surface area contributed by atoms with Crippen molar-refractivity contribution in [3.8, 4) is 11.5 Å². The Kier molecular flexibility index (Phi) is 4.10. The summed E-state index contributed by atoms with van der Waals surface area (Å²) in [5.74, 6) is 0.619. The third-order valence-corrected chi connectivity index (χ3v) is 2.24. The van der Waals surface area contributed by atoms with Crippen LogP contribution in [0.1, 0.15) is 19.0 Å². The van der Waals surface area contributed by atoms with Gasteiger partial charge in [-0.15, -0.1) is 0 Å². The lowest BCUT2D eigenvalue weighted by atomic mass is 10.3. The molecule has 5 nitrogen and oxygen atoms in total. The lowest BCUT2D eigenvalue weighted by Crippen LogP contribution is -2.15. The van der Waals surface area contributed by atoms with Gasteiger partial charge in [-0.05, 0) is 19.0 Å². The van der Waals surface area contributed by atoms with E-state index in [0.29, 0.717) is 11.5 Å². The molecule has 0 aliphatic carbocycles. The second kappa shape index (κ2) is 6.00. The molecule has 5 heteroatoms. The maximum atomic E-state index is 4.44. The minimum absolute atomic E-state index is 0.619. The number of hydrogen-bond acceptors (Lipinski definition) is 5. The monoisotopic (exact) mass is 229 g/mol. The van der Waals surface area contributed by atoms with Crippen LogP contribution in [0.4, 0.5) is 0 Å². The van der Waals surface area contributed by atoms with E-state index in [1.807, 2.05) is 6.07 Å². The predicted octanol–water partition coefficient (Wildman–Crippen LogP) is 1.43. The van der Waals surface area contributed by atoms with Gasteiger partial charge in [0, 0.05) is 25.1 Å². The van der Waals surface area contributed by atoms with E-state index in [-0.39, 0.29) is 0 Å². The van der Waals surface area contributed by atoms with Gasteiger partial charge in [0.1, 0.15) is 5.69 Å². The molecule has 1 N–H and O–H groups in total. The van der Waals surface area contributed by atoms with E-state index in [2.05, 4.69) is 32.2 Å². The van der Waals surface area contributed by atoms with Gasteiger partial charge in [0.15, 0.2) is 5.82 Å². The van der Waals surface area contributed by atoms with Crippen molar-refractivity contribution < 1.29 is 0 Å². The molecular formula is C12H15N5. The normalized spacial score (nSPS) is 10.4. The topological polar surface area (TPSA) is 63.6 Å². The molecule has 0 aliphatic rings. The maximum Gasteiger partial charge on any atom is 0.180 e. The Labute approximate surface area is 100 Å². The fraction of sp³-hybridized carbons (Fsp3) is 0.333. The predicted molar refractivity (Wildman–Crippen MR) is 65.1 cm³/mol. The van der Waals surface area contributed by atoms with Crippen molar-refractivity contribution in [1.82, 2.24) is 25.3 Å². The molecule has 2 heterocycles. The van der Waals surface area contributed by atoms with E-state index in [1.165, 1.54) is 0 Å². The molecule has 0 aromatic carbocycles. The Morgan fingerprint density at radius 3 is 2.88 bits per heavy atom. The summed E-state index contributed by atoms with van der Waals surface area (Å²) in [6.07, 6.45) is 7.80. The minimum atomic E-state index is 0.619. The first-order chi connectivity index (χ1) is 8.40. The molecule has 0 unspecified atom stereocenters. The highest BCUT2D eigenvalue weighted by molar-refractivity contribution is 5.46. The number of nitrogens with one attached hydrogen (secondary N) is 1. The molecule has 0 radical (unpaired) electrons. The molecule has 0 saturated carbocycles. The number of hydrogen-bond donors (Lipinski definition) is 1. The van der Waals surface area contributed by atoms with Gasteiger partial charge in [0.05, 0.1) is 11.9 Å². The highest BCUT2D eigenvalue weighted by Gasteiger charge is 2.03. The third kappa shape index (κ3) is 3.29. The average Bonchev–Trinajstić information content (AvgIpc) is 2.41. The summed E-state index contributed by atoms with van der Waals surface area (Å²) in [6.45, 7) is 3.88. The molecule has 2 aromatic heterocycles. The second-order valence-corrected chi connectivity index (χ2v) is 3.64. The summed E-state index contributed by atoms with van der Waals surface area (Å²) in [5.41, 5.74) is 1.67. The molecule has 0 atom stereocenters. The van der Waals surface area contributed by atoms with Crippen LogP contribution in [0.5, 0.6) is 0 Å². The maximum absolute atomic E-state index is 4.44. The van der Waals surface area contributed by atoms with Gasteiger partial charge < -0.3 is 5.32 Å². The molecule has 0 fully saturated rings. The van der Waals surface area contributed by atoms with Crippen LogP contribution >= 0.6 is 0 Å². The summed E-state index contributed by atoms with van der Waals surface area (Å²) in [7, 11) is 0. The number of rotatable bonds is 5. The Balaban J connectivity index is 2.12. The summed E-state index contributed by atoms with van der Waals surface area (Å²) in [5, 5.41) is 3.30. The van der Waals surface area contributed by atoms with Crippen LogP contribution in [-0.4, -0.2) is 26.5 Å². The van der Waals surface area contributed by atoms with Crippen molar-refractivity contribution in [2.24, 2.45) is 0 Å². The molecule has 2 rings (SSSR count). The number of aromatic nitrogens is 4. The zero-order valence-electron chi connectivity index (χ0n) is 9.80. The fourth-order valence-electron chi connectivity index (χ4n) is 1.43. The van der Waals surface area contributed by atoms with Gasteiger partial charge in [-0.3, -0.25) is 4.98 Å². The molecular weight excluding hydrogens is 214 g/mol. The first kappa shape index (κ1) is 11.6. The second-order valence-electron chi connectivity index (χ2n) is 3.64. The fourth-order valence-corrected chi connectivity index (χ4v) is 1.43. The van der Waals surface area contributed by atoms with E-state index in [4.69, 9.17) is 0 Å². The highest BCUT2D eigenvalue weighted by Crippen LogP contribution is 2.09. The van der Waals surface area contributed by atoms with E-state index in [9.17, 15) is 0 Å². The van der Waals surface area contributed by atoms with Crippen LogP contribution in [0.3, 0.4) is 0 Å². The molecule has 17 heavy (non-hydrogen) atoms. The Morgan fingerprint density at radius 1 is 1.18 bits per heavy atom. The molecule has 88 valence electrons. The van der Waals surface area contributed by atoms with Crippen molar-refractivity contribution in [1.29, 1.82) is 0 Å². The van der Waals surface area contributed by atoms with Crippen LogP contribution in [0.2, 0.25) is 0 Å². The quantitative estimate of drug-likeness (QED) is 0.786. The molecule has 0 saturated heterocycles. The average molecular weight is 229 g/mol.